The Morgan fingerprint density at radius 1 is 0.935 bits per heavy atom. The molecule has 0 atom stereocenters. The minimum atomic E-state index is -2.68. The second-order valence-corrected chi connectivity index (χ2v) is 28.4. The fourth-order valence-corrected chi connectivity index (χ4v) is 20.1. The molecule has 1 aromatic rings. The van der Waals surface area contributed by atoms with E-state index < -0.39 is 26.7 Å². The number of benzene rings is 1. The maximum atomic E-state index is 8.09. The number of nitrogens with zero attached hydrogens (tertiary/aromatic N) is 1. The monoisotopic (exact) mass is 549 g/mol. The average Bonchev–Trinajstić information content (AvgIpc) is 2.72. The quantitative estimate of drug-likeness (QED) is 0.177. The normalized spacial score (nSPS) is 13.2. The Morgan fingerprint density at radius 2 is 1.39 bits per heavy atom. The first-order valence-corrected chi connectivity index (χ1v) is 22.8. The van der Waals surface area contributed by atoms with Crippen molar-refractivity contribution < 1.29 is 4.43 Å². The molecule has 0 radical (unpaired) electrons. The van der Waals surface area contributed by atoms with E-state index in [1.54, 1.807) is 0 Å². The topological polar surface area (TPSA) is 13.6 Å². The minimum absolute atomic E-state index is 0.189. The molecule has 4 heteroatoms. The molecule has 0 amide bonds. The van der Waals surface area contributed by atoms with E-state index in [4.69, 9.17) is 11.0 Å². The molecule has 0 fully saturated rings. The molecule has 0 aliphatic heterocycles. The van der Waals surface area contributed by atoms with Crippen LogP contribution in [0, 0.1) is 6.57 Å². The van der Waals surface area contributed by atoms with Gasteiger partial charge in [0.15, 0.2) is 0 Å². The van der Waals surface area contributed by atoms with Crippen LogP contribution in [0.15, 0.2) is 28.0 Å². The molecule has 1 aromatic carbocycles. The first kappa shape index (κ1) is 28.3. The zero-order valence-corrected chi connectivity index (χ0v) is 25.5. The van der Waals surface area contributed by atoms with Crippen molar-refractivity contribution in [3.05, 3.63) is 45.0 Å². The van der Waals surface area contributed by atoms with E-state index in [2.05, 4.69) is 89.8 Å². The summed E-state index contributed by atoms with van der Waals surface area (Å²) in [6.07, 6.45) is 9.83. The van der Waals surface area contributed by atoms with Crippen LogP contribution in [0.5, 0.6) is 5.75 Å². The predicted octanol–water partition coefficient (Wildman–Crippen LogP) is 9.72. The summed E-state index contributed by atoms with van der Waals surface area (Å²) in [6.45, 7) is 26.4. The van der Waals surface area contributed by atoms with E-state index in [0.29, 0.717) is 0 Å². The van der Waals surface area contributed by atoms with E-state index in [0.717, 1.165) is 5.75 Å². The van der Waals surface area contributed by atoms with Gasteiger partial charge in [-0.2, -0.15) is 0 Å². The molecule has 2 nitrogen and oxygen atoms in total. The van der Waals surface area contributed by atoms with Crippen LogP contribution < -0.4 is 4.43 Å². The molecule has 0 bridgehead atoms. The molecule has 1 rings (SSSR count). The summed E-state index contributed by atoms with van der Waals surface area (Å²) in [5.74, 6) is 0.964. The van der Waals surface area contributed by atoms with Crippen molar-refractivity contribution in [2.75, 3.05) is 0 Å². The van der Waals surface area contributed by atoms with E-state index in [-0.39, 0.29) is 5.04 Å². The van der Waals surface area contributed by atoms with Crippen LogP contribution in [-0.2, 0) is 0 Å². The summed E-state index contributed by atoms with van der Waals surface area (Å²) in [4.78, 5) is 4.21. The zero-order valence-electron chi connectivity index (χ0n) is 21.6. The van der Waals surface area contributed by atoms with Gasteiger partial charge in [-0.05, 0) is 0 Å². The average molecular weight is 548 g/mol. The summed E-state index contributed by atoms with van der Waals surface area (Å²) in [5.41, 5.74) is 1.17. The Balaban J connectivity index is 3.23. The number of rotatable bonds is 13. The van der Waals surface area contributed by atoms with Crippen molar-refractivity contribution in [2.45, 2.75) is 112 Å². The van der Waals surface area contributed by atoms with Crippen LogP contribution in [0.25, 0.3) is 10.9 Å². The molecule has 174 valence electrons. The van der Waals surface area contributed by atoms with Gasteiger partial charge in [0, 0.05) is 0 Å². The molecule has 31 heavy (non-hydrogen) atoms. The van der Waals surface area contributed by atoms with Crippen molar-refractivity contribution in [2.24, 2.45) is 0 Å². The van der Waals surface area contributed by atoms with Gasteiger partial charge >= 0.3 is 199 Å². The Hall–Kier alpha value is -0.734. The van der Waals surface area contributed by atoms with E-state index in [1.807, 2.05) is 0 Å². The van der Waals surface area contributed by atoms with Gasteiger partial charge in [-0.25, -0.2) is 0 Å². The molecule has 0 saturated heterocycles. The Bertz CT molecular complexity index is 703. The first-order valence-electron chi connectivity index (χ1n) is 12.4. The molecule has 0 spiro atoms. The zero-order chi connectivity index (χ0) is 23.5. The Morgan fingerprint density at radius 3 is 1.74 bits per heavy atom. The van der Waals surface area contributed by atoms with Gasteiger partial charge < -0.3 is 0 Å². The summed E-state index contributed by atoms with van der Waals surface area (Å²) < 4.78 is 11.6. The molecule has 0 N–H and O–H groups in total. The fraction of sp³-hybridized carbons (Fsp3) is 0.667. The molecule has 0 aliphatic carbocycles. The Labute approximate surface area is 198 Å². The summed E-state index contributed by atoms with van der Waals surface area (Å²) in [7, 11) is -1.83. The summed E-state index contributed by atoms with van der Waals surface area (Å²) in [5, 5.41) is 0.189. The molecular formula is C27H47NOSiSn. The molecule has 0 saturated carbocycles. The molecule has 0 heterocycles. The number of hydrogen-bond acceptors (Lipinski definition) is 1. The van der Waals surface area contributed by atoms with Gasteiger partial charge in [0.2, 0.25) is 0 Å². The molecule has 0 aromatic heterocycles. The van der Waals surface area contributed by atoms with Crippen molar-refractivity contribution in [1.82, 2.24) is 0 Å². The predicted molar refractivity (Wildman–Crippen MR) is 144 cm³/mol. The van der Waals surface area contributed by atoms with Gasteiger partial charge in [-0.3, -0.25) is 0 Å². The third-order valence-electron chi connectivity index (χ3n) is 7.05. The summed E-state index contributed by atoms with van der Waals surface area (Å²) in [6, 6.07) is 8.53. The molecular weight excluding hydrogens is 501 g/mol. The fourth-order valence-electron chi connectivity index (χ4n) is 3.85. The van der Waals surface area contributed by atoms with E-state index in [1.165, 1.54) is 61.1 Å². The van der Waals surface area contributed by atoms with Crippen molar-refractivity contribution in [1.29, 1.82) is 0 Å². The molecule has 0 aliphatic rings. The van der Waals surface area contributed by atoms with Gasteiger partial charge in [-0.15, -0.1) is 0 Å². The van der Waals surface area contributed by atoms with E-state index in [9.17, 15) is 0 Å². The SMILES string of the molecule is [C-]#[N+]/[C](=C\c1ccc(O[Si](C)(C)C(C)(C)C)cc1)[Sn]([CH2]CCC)([CH2]CCC)[CH2]CCC. The van der Waals surface area contributed by atoms with Crippen molar-refractivity contribution >= 4 is 32.8 Å². The standard InChI is InChI=1S/C15H20NOSi.3C4H9.Sn/c1-15(2,3)18(5,6)17-14-9-7-13(8-10-14)11-12-16-4;3*1-3-4-2;/h7-11H,1-3,5-6H3;3*1,3-4H2,2H3;. The van der Waals surface area contributed by atoms with Gasteiger partial charge in [-0.1, -0.05) is 0 Å². The maximum absolute atomic E-state index is 8.09. The van der Waals surface area contributed by atoms with Crippen molar-refractivity contribution in [3.63, 3.8) is 0 Å². The van der Waals surface area contributed by atoms with Crippen LogP contribution in [0.4, 0.5) is 0 Å². The van der Waals surface area contributed by atoms with Gasteiger partial charge in [0.05, 0.1) is 0 Å². The van der Waals surface area contributed by atoms with Gasteiger partial charge in [0.25, 0.3) is 0 Å². The van der Waals surface area contributed by atoms with E-state index >= 15 is 0 Å². The third kappa shape index (κ3) is 8.61. The van der Waals surface area contributed by atoms with Crippen LogP contribution in [0.2, 0.25) is 31.4 Å². The van der Waals surface area contributed by atoms with Crippen LogP contribution in [0.3, 0.4) is 0 Å². The van der Waals surface area contributed by atoms with Crippen LogP contribution in [-0.4, -0.2) is 26.7 Å². The molecule has 0 unspecified atom stereocenters. The van der Waals surface area contributed by atoms with Crippen molar-refractivity contribution in [3.8, 4) is 5.75 Å². The van der Waals surface area contributed by atoms with Gasteiger partial charge in [0.1, 0.15) is 0 Å². The third-order valence-corrected chi connectivity index (χ3v) is 26.5. The van der Waals surface area contributed by atoms with Crippen LogP contribution in [0.1, 0.15) is 85.6 Å². The second kappa shape index (κ2) is 13.1. The van der Waals surface area contributed by atoms with Crippen LogP contribution >= 0.6 is 0 Å². The Kier molecular flexibility index (Phi) is 11.9. The first-order chi connectivity index (χ1) is 14.5. The number of hydrogen-bond donors (Lipinski definition) is 0. The second-order valence-electron chi connectivity index (χ2n) is 10.7. The number of unbranched alkanes of at least 4 members (excludes halogenated alkanes) is 3. The summed E-state index contributed by atoms with van der Waals surface area (Å²) >= 11 is -2.68.